The molecule has 1 unspecified atom stereocenters. The lowest BCUT2D eigenvalue weighted by Gasteiger charge is -2.19. The van der Waals surface area contributed by atoms with Gasteiger partial charge in [0.1, 0.15) is 5.60 Å². The molecule has 0 radical (unpaired) electrons. The van der Waals surface area contributed by atoms with E-state index in [0.29, 0.717) is 12.0 Å². The van der Waals surface area contributed by atoms with Crippen molar-refractivity contribution in [3.05, 3.63) is 18.0 Å². The van der Waals surface area contributed by atoms with Crippen molar-refractivity contribution >= 4 is 18.0 Å². The van der Waals surface area contributed by atoms with E-state index in [1.165, 1.54) is 12.4 Å². The highest BCUT2D eigenvalue weighted by atomic mass is 16.6. The van der Waals surface area contributed by atoms with Gasteiger partial charge in [-0.05, 0) is 27.2 Å². The zero-order chi connectivity index (χ0) is 15.3. The number of nitrogens with zero attached hydrogens (tertiary/aromatic N) is 2. The van der Waals surface area contributed by atoms with Gasteiger partial charge in [0.2, 0.25) is 5.95 Å². The summed E-state index contributed by atoms with van der Waals surface area (Å²) in [6.45, 7) is 7.01. The maximum absolute atomic E-state index is 11.5. The van der Waals surface area contributed by atoms with Crippen LogP contribution in [0.1, 0.15) is 45.6 Å². The Kier molecular flexibility index (Phi) is 5.01. The Morgan fingerprint density at radius 1 is 1.35 bits per heavy atom. The van der Waals surface area contributed by atoms with E-state index in [0.717, 1.165) is 0 Å². The number of anilines is 1. The Hall–Kier alpha value is -2.18. The fourth-order valence-corrected chi connectivity index (χ4v) is 1.53. The topological polar surface area (TPSA) is 101 Å². The average molecular weight is 281 g/mol. The van der Waals surface area contributed by atoms with E-state index in [1.807, 2.05) is 0 Å². The summed E-state index contributed by atoms with van der Waals surface area (Å²) < 4.78 is 5.05. The number of carboxylic acid groups (broad SMARTS) is 1. The van der Waals surface area contributed by atoms with Crippen LogP contribution >= 0.6 is 0 Å². The highest BCUT2D eigenvalue weighted by molar-refractivity contribution is 5.82. The fourth-order valence-electron chi connectivity index (χ4n) is 1.53. The summed E-state index contributed by atoms with van der Waals surface area (Å²) in [5.41, 5.74) is -0.115. The third-order valence-corrected chi connectivity index (χ3v) is 2.39. The Morgan fingerprint density at radius 2 is 1.90 bits per heavy atom. The number of amides is 1. The van der Waals surface area contributed by atoms with Crippen molar-refractivity contribution in [2.24, 2.45) is 0 Å². The quantitative estimate of drug-likeness (QED) is 0.878. The highest BCUT2D eigenvalue weighted by Gasteiger charge is 2.19. The molecule has 110 valence electrons. The smallest absolute Gasteiger partial charge is 0.414 e. The van der Waals surface area contributed by atoms with E-state index < -0.39 is 23.6 Å². The summed E-state index contributed by atoms with van der Waals surface area (Å²) in [6.07, 6.45) is 2.57. The van der Waals surface area contributed by atoms with Crippen LogP contribution in [0.4, 0.5) is 10.7 Å². The van der Waals surface area contributed by atoms with Gasteiger partial charge in [-0.15, -0.1) is 0 Å². The molecular weight excluding hydrogens is 262 g/mol. The van der Waals surface area contributed by atoms with E-state index >= 15 is 0 Å². The molecule has 20 heavy (non-hydrogen) atoms. The van der Waals surface area contributed by atoms with Gasteiger partial charge in [-0.25, -0.2) is 14.8 Å². The van der Waals surface area contributed by atoms with E-state index in [1.54, 1.807) is 27.7 Å². The van der Waals surface area contributed by atoms with Crippen LogP contribution in [0.5, 0.6) is 0 Å². The van der Waals surface area contributed by atoms with Gasteiger partial charge in [0, 0.05) is 18.0 Å². The van der Waals surface area contributed by atoms with Gasteiger partial charge < -0.3 is 9.84 Å². The number of aromatic nitrogens is 2. The molecule has 1 amide bonds. The number of hydrogen-bond acceptors (Lipinski definition) is 5. The van der Waals surface area contributed by atoms with Crippen molar-refractivity contribution < 1.29 is 19.4 Å². The molecule has 0 spiro atoms. The number of nitrogens with one attached hydrogen (secondary N) is 1. The van der Waals surface area contributed by atoms with Crippen LogP contribution < -0.4 is 5.32 Å². The third-order valence-electron chi connectivity index (χ3n) is 2.39. The third kappa shape index (κ3) is 4.83. The minimum atomic E-state index is -0.927. The molecule has 1 aromatic heterocycles. The minimum absolute atomic E-state index is 0.0724. The summed E-state index contributed by atoms with van der Waals surface area (Å²) in [6, 6.07) is 0. The molecule has 1 heterocycles. The molecule has 0 aliphatic rings. The molecule has 0 aliphatic carbocycles. The molecule has 1 rings (SSSR count). The van der Waals surface area contributed by atoms with Crippen LogP contribution in [0.15, 0.2) is 12.4 Å². The second-order valence-corrected chi connectivity index (χ2v) is 5.27. The lowest BCUT2D eigenvalue weighted by molar-refractivity contribution is -0.138. The number of ether oxygens (including phenoxy) is 1. The molecule has 7 nitrogen and oxygen atoms in total. The van der Waals surface area contributed by atoms with Gasteiger partial charge >= 0.3 is 12.1 Å². The minimum Gasteiger partial charge on any atom is -0.481 e. The average Bonchev–Trinajstić information content (AvgIpc) is 2.29. The van der Waals surface area contributed by atoms with E-state index in [2.05, 4.69) is 15.3 Å². The summed E-state index contributed by atoms with van der Waals surface area (Å²) in [7, 11) is 0. The maximum Gasteiger partial charge on any atom is 0.414 e. The van der Waals surface area contributed by atoms with Crippen LogP contribution in [0.2, 0.25) is 0 Å². The fraction of sp³-hybridized carbons (Fsp3) is 0.538. The molecule has 0 saturated heterocycles. The van der Waals surface area contributed by atoms with Crippen LogP contribution in [0.25, 0.3) is 0 Å². The first kappa shape index (κ1) is 15.9. The number of carbonyl (C=O) groups excluding carboxylic acids is 1. The SMILES string of the molecule is CCC(C(=O)O)c1cnc(NC(=O)OC(C)(C)C)nc1. The molecule has 1 aromatic rings. The summed E-state index contributed by atoms with van der Waals surface area (Å²) in [5, 5.41) is 11.4. The predicted molar refractivity (Wildman–Crippen MR) is 72.6 cm³/mol. The standard InChI is InChI=1S/C13H19N3O4/c1-5-9(10(17)18)8-6-14-11(15-7-8)16-12(19)20-13(2,3)4/h6-7,9H,5H2,1-4H3,(H,17,18)(H,14,15,16,19). The first-order valence-electron chi connectivity index (χ1n) is 6.27. The van der Waals surface area contributed by atoms with Gasteiger partial charge in [0.15, 0.2) is 0 Å². The van der Waals surface area contributed by atoms with Gasteiger partial charge in [-0.2, -0.15) is 0 Å². The lowest BCUT2D eigenvalue weighted by atomic mass is 10.00. The number of rotatable bonds is 4. The van der Waals surface area contributed by atoms with E-state index in [-0.39, 0.29) is 5.95 Å². The molecule has 2 N–H and O–H groups in total. The molecule has 1 atom stereocenters. The van der Waals surface area contributed by atoms with Gasteiger partial charge in [0.05, 0.1) is 5.92 Å². The molecule has 0 bridgehead atoms. The van der Waals surface area contributed by atoms with Gasteiger partial charge in [-0.1, -0.05) is 6.92 Å². The van der Waals surface area contributed by atoms with E-state index in [4.69, 9.17) is 9.84 Å². The van der Waals surface area contributed by atoms with Crippen molar-refractivity contribution in [2.75, 3.05) is 5.32 Å². The molecule has 0 saturated carbocycles. The second-order valence-electron chi connectivity index (χ2n) is 5.27. The Morgan fingerprint density at radius 3 is 2.30 bits per heavy atom. The Bertz CT molecular complexity index is 479. The molecular formula is C13H19N3O4. The van der Waals surface area contributed by atoms with Crippen LogP contribution in [0.3, 0.4) is 0 Å². The number of carbonyl (C=O) groups is 2. The van der Waals surface area contributed by atoms with Gasteiger partial charge in [-0.3, -0.25) is 10.1 Å². The lowest BCUT2D eigenvalue weighted by Crippen LogP contribution is -2.27. The normalized spacial score (nSPS) is 12.6. The second kappa shape index (κ2) is 6.31. The Labute approximate surface area is 117 Å². The zero-order valence-corrected chi connectivity index (χ0v) is 12.0. The Balaban J connectivity index is 2.72. The van der Waals surface area contributed by atoms with Crippen molar-refractivity contribution in [3.63, 3.8) is 0 Å². The van der Waals surface area contributed by atoms with E-state index in [9.17, 15) is 9.59 Å². The van der Waals surface area contributed by atoms with Crippen molar-refractivity contribution in [1.29, 1.82) is 0 Å². The van der Waals surface area contributed by atoms with Crippen LogP contribution in [-0.2, 0) is 9.53 Å². The molecule has 7 heteroatoms. The van der Waals surface area contributed by atoms with Crippen molar-refractivity contribution in [2.45, 2.75) is 45.6 Å². The number of carboxylic acids is 1. The zero-order valence-electron chi connectivity index (χ0n) is 12.0. The monoisotopic (exact) mass is 281 g/mol. The highest BCUT2D eigenvalue weighted by Crippen LogP contribution is 2.18. The van der Waals surface area contributed by atoms with Crippen LogP contribution in [0, 0.1) is 0 Å². The summed E-state index contributed by atoms with van der Waals surface area (Å²) >= 11 is 0. The summed E-state index contributed by atoms with van der Waals surface area (Å²) in [5.74, 6) is -1.50. The maximum atomic E-state index is 11.5. The molecule has 0 aliphatic heterocycles. The predicted octanol–water partition coefficient (Wildman–Crippen LogP) is 2.40. The van der Waals surface area contributed by atoms with Crippen molar-refractivity contribution in [3.8, 4) is 0 Å². The summed E-state index contributed by atoms with van der Waals surface area (Å²) in [4.78, 5) is 30.3. The largest absolute Gasteiger partial charge is 0.481 e. The van der Waals surface area contributed by atoms with Crippen molar-refractivity contribution in [1.82, 2.24) is 9.97 Å². The number of hydrogen-bond donors (Lipinski definition) is 2. The first-order valence-corrected chi connectivity index (χ1v) is 6.27. The van der Waals surface area contributed by atoms with Crippen LogP contribution in [-0.4, -0.2) is 32.7 Å². The first-order chi connectivity index (χ1) is 9.23. The molecule has 0 fully saturated rings. The number of aliphatic carboxylic acids is 1. The molecule has 0 aromatic carbocycles. The van der Waals surface area contributed by atoms with Gasteiger partial charge in [0.25, 0.3) is 0 Å².